The quantitative estimate of drug-likeness (QED) is 0.574. The van der Waals surface area contributed by atoms with Gasteiger partial charge in [-0.05, 0) is 50.8 Å². The van der Waals surface area contributed by atoms with Gasteiger partial charge in [-0.3, -0.25) is 4.79 Å². The summed E-state index contributed by atoms with van der Waals surface area (Å²) in [5, 5.41) is 6.28. The third kappa shape index (κ3) is 9.61. The average Bonchev–Trinajstić information content (AvgIpc) is 2.47. The molecule has 0 atom stereocenters. The van der Waals surface area contributed by atoms with Gasteiger partial charge in [0.05, 0.1) is 12.7 Å². The predicted molar refractivity (Wildman–Crippen MR) is 86.3 cm³/mol. The van der Waals surface area contributed by atoms with Gasteiger partial charge in [0.2, 0.25) is 5.91 Å². The van der Waals surface area contributed by atoms with Gasteiger partial charge in [0.1, 0.15) is 0 Å². The minimum Gasteiger partial charge on any atom is -0.378 e. The number of rotatable bonds is 11. The molecule has 1 rings (SSSR count). The van der Waals surface area contributed by atoms with Crippen molar-refractivity contribution < 1.29 is 9.53 Å². The van der Waals surface area contributed by atoms with E-state index in [1.165, 1.54) is 25.0 Å². The van der Waals surface area contributed by atoms with Crippen LogP contribution in [-0.4, -0.2) is 50.3 Å². The van der Waals surface area contributed by atoms with Crippen LogP contribution in [-0.2, 0) is 9.53 Å². The number of hydrogen-bond acceptors (Lipinski definition) is 4. The van der Waals surface area contributed by atoms with Gasteiger partial charge in [0.15, 0.2) is 0 Å². The number of thioether (sulfide) groups is 1. The molecule has 0 radical (unpaired) electrons. The highest BCUT2D eigenvalue weighted by molar-refractivity contribution is 7.98. The van der Waals surface area contributed by atoms with E-state index in [9.17, 15) is 4.79 Å². The first-order valence-corrected chi connectivity index (χ1v) is 9.30. The summed E-state index contributed by atoms with van der Waals surface area (Å²) in [7, 11) is 0. The van der Waals surface area contributed by atoms with Gasteiger partial charge in [-0.25, -0.2) is 0 Å². The maximum absolute atomic E-state index is 11.6. The predicted octanol–water partition coefficient (Wildman–Crippen LogP) is 2.18. The molecule has 0 saturated carbocycles. The standard InChI is InChI=1S/C15H30N2O2S/c1-20-13-5-3-2-4-9-17-15(18)8-12-19-14-6-10-16-11-7-14/h14,16H,2-13H2,1H3,(H,17,18). The molecule has 20 heavy (non-hydrogen) atoms. The summed E-state index contributed by atoms with van der Waals surface area (Å²) in [5.41, 5.74) is 0. The fourth-order valence-electron chi connectivity index (χ4n) is 2.32. The summed E-state index contributed by atoms with van der Waals surface area (Å²) in [5.74, 6) is 1.38. The van der Waals surface area contributed by atoms with E-state index in [2.05, 4.69) is 16.9 Å². The number of ether oxygens (including phenoxy) is 1. The van der Waals surface area contributed by atoms with Crippen molar-refractivity contribution in [3.8, 4) is 0 Å². The number of nitrogens with one attached hydrogen (secondary N) is 2. The first kappa shape index (κ1) is 17.8. The largest absolute Gasteiger partial charge is 0.378 e. The molecule has 5 heteroatoms. The van der Waals surface area contributed by atoms with Crippen molar-refractivity contribution >= 4 is 17.7 Å². The molecule has 0 spiro atoms. The number of amides is 1. The molecule has 0 aromatic carbocycles. The molecule has 1 fully saturated rings. The molecule has 0 aromatic rings. The van der Waals surface area contributed by atoms with E-state index in [0.717, 1.165) is 38.9 Å². The van der Waals surface area contributed by atoms with E-state index in [-0.39, 0.29) is 5.91 Å². The average molecular weight is 302 g/mol. The van der Waals surface area contributed by atoms with Gasteiger partial charge in [0.25, 0.3) is 0 Å². The third-order valence-electron chi connectivity index (χ3n) is 3.57. The highest BCUT2D eigenvalue weighted by Gasteiger charge is 2.13. The normalized spacial score (nSPS) is 16.2. The molecule has 1 amide bonds. The van der Waals surface area contributed by atoms with E-state index in [4.69, 9.17) is 4.74 Å². The van der Waals surface area contributed by atoms with E-state index in [1.54, 1.807) is 0 Å². The Bertz CT molecular complexity index is 246. The third-order valence-corrected chi connectivity index (χ3v) is 4.26. The van der Waals surface area contributed by atoms with Crippen molar-refractivity contribution in [3.63, 3.8) is 0 Å². The molecule has 0 aromatic heterocycles. The fraction of sp³-hybridized carbons (Fsp3) is 0.933. The number of hydrogen-bond donors (Lipinski definition) is 2. The zero-order valence-electron chi connectivity index (χ0n) is 12.8. The molecule has 118 valence electrons. The van der Waals surface area contributed by atoms with Crippen LogP contribution in [0.4, 0.5) is 0 Å². The molecule has 0 unspecified atom stereocenters. The monoisotopic (exact) mass is 302 g/mol. The first-order chi connectivity index (χ1) is 9.83. The van der Waals surface area contributed by atoms with Gasteiger partial charge in [-0.1, -0.05) is 12.8 Å². The number of unbranched alkanes of at least 4 members (excludes halogenated alkanes) is 3. The van der Waals surface area contributed by atoms with Crippen LogP contribution in [0.15, 0.2) is 0 Å². The van der Waals surface area contributed by atoms with Crippen molar-refractivity contribution in [2.24, 2.45) is 0 Å². The lowest BCUT2D eigenvalue weighted by atomic mass is 10.1. The Morgan fingerprint density at radius 3 is 2.75 bits per heavy atom. The molecule has 1 heterocycles. The fourth-order valence-corrected chi connectivity index (χ4v) is 2.81. The minimum absolute atomic E-state index is 0.128. The lowest BCUT2D eigenvalue weighted by Crippen LogP contribution is -2.33. The lowest BCUT2D eigenvalue weighted by Gasteiger charge is -2.22. The van der Waals surface area contributed by atoms with E-state index in [1.807, 2.05) is 11.8 Å². The van der Waals surface area contributed by atoms with Gasteiger partial charge >= 0.3 is 0 Å². The molecule has 0 aliphatic carbocycles. The van der Waals surface area contributed by atoms with Crippen LogP contribution in [0.25, 0.3) is 0 Å². The highest BCUT2D eigenvalue weighted by atomic mass is 32.2. The zero-order valence-corrected chi connectivity index (χ0v) is 13.6. The van der Waals surface area contributed by atoms with Crippen LogP contribution >= 0.6 is 11.8 Å². The second-order valence-corrected chi connectivity index (χ2v) is 6.31. The summed E-state index contributed by atoms with van der Waals surface area (Å²) in [6.45, 7) is 3.44. The number of carbonyl (C=O) groups excluding carboxylic acids is 1. The second kappa shape index (κ2) is 12.5. The Kier molecular flexibility index (Phi) is 11.1. The van der Waals surface area contributed by atoms with Crippen molar-refractivity contribution in [1.29, 1.82) is 0 Å². The Morgan fingerprint density at radius 1 is 1.25 bits per heavy atom. The Labute approximate surface area is 127 Å². The molecule has 0 bridgehead atoms. The molecule has 4 nitrogen and oxygen atoms in total. The summed E-state index contributed by atoms with van der Waals surface area (Å²) >= 11 is 1.90. The van der Waals surface area contributed by atoms with Crippen LogP contribution < -0.4 is 10.6 Å². The Balaban J connectivity index is 1.85. The van der Waals surface area contributed by atoms with Crippen molar-refractivity contribution in [2.75, 3.05) is 38.2 Å². The van der Waals surface area contributed by atoms with Gasteiger partial charge in [-0.2, -0.15) is 11.8 Å². The van der Waals surface area contributed by atoms with Crippen LogP contribution in [0, 0.1) is 0 Å². The summed E-state index contributed by atoms with van der Waals surface area (Å²) in [6, 6.07) is 0. The minimum atomic E-state index is 0.128. The van der Waals surface area contributed by atoms with Crippen LogP contribution in [0.2, 0.25) is 0 Å². The topological polar surface area (TPSA) is 50.4 Å². The van der Waals surface area contributed by atoms with Gasteiger partial charge < -0.3 is 15.4 Å². The lowest BCUT2D eigenvalue weighted by molar-refractivity contribution is -0.122. The molecule has 1 saturated heterocycles. The summed E-state index contributed by atoms with van der Waals surface area (Å²) < 4.78 is 5.72. The summed E-state index contributed by atoms with van der Waals surface area (Å²) in [4.78, 5) is 11.6. The number of piperidine rings is 1. The number of carbonyl (C=O) groups is 1. The van der Waals surface area contributed by atoms with Crippen molar-refractivity contribution in [1.82, 2.24) is 10.6 Å². The SMILES string of the molecule is CSCCCCCCNC(=O)CCOC1CCNCC1. The first-order valence-electron chi connectivity index (χ1n) is 7.91. The van der Waals surface area contributed by atoms with Crippen molar-refractivity contribution in [3.05, 3.63) is 0 Å². The molecular weight excluding hydrogens is 272 g/mol. The molecule has 2 N–H and O–H groups in total. The van der Waals surface area contributed by atoms with Gasteiger partial charge in [0, 0.05) is 13.0 Å². The maximum atomic E-state index is 11.6. The second-order valence-electron chi connectivity index (χ2n) is 5.33. The van der Waals surface area contributed by atoms with E-state index < -0.39 is 0 Å². The smallest absolute Gasteiger partial charge is 0.222 e. The van der Waals surface area contributed by atoms with E-state index in [0.29, 0.717) is 19.1 Å². The Morgan fingerprint density at radius 2 is 2.00 bits per heavy atom. The van der Waals surface area contributed by atoms with Crippen molar-refractivity contribution in [2.45, 2.75) is 51.0 Å². The van der Waals surface area contributed by atoms with Crippen LogP contribution in [0.3, 0.4) is 0 Å². The molecular formula is C15H30N2O2S. The maximum Gasteiger partial charge on any atom is 0.222 e. The summed E-state index contributed by atoms with van der Waals surface area (Å²) in [6.07, 6.45) is 9.99. The van der Waals surface area contributed by atoms with Gasteiger partial charge in [-0.15, -0.1) is 0 Å². The van der Waals surface area contributed by atoms with Crippen LogP contribution in [0.1, 0.15) is 44.9 Å². The highest BCUT2D eigenvalue weighted by Crippen LogP contribution is 2.07. The van der Waals surface area contributed by atoms with Crippen LogP contribution in [0.5, 0.6) is 0 Å². The molecule has 1 aliphatic heterocycles. The van der Waals surface area contributed by atoms with E-state index >= 15 is 0 Å². The zero-order chi connectivity index (χ0) is 14.5. The molecule has 1 aliphatic rings. The Hall–Kier alpha value is -0.260.